The van der Waals surface area contributed by atoms with Gasteiger partial charge in [0.05, 0.1) is 23.9 Å². The molecule has 0 saturated carbocycles. The Hall–Kier alpha value is -0.160. The summed E-state index contributed by atoms with van der Waals surface area (Å²) in [5.74, 6) is 0. The molecule has 0 spiro atoms. The lowest BCUT2D eigenvalue weighted by Gasteiger charge is -2.40. The summed E-state index contributed by atoms with van der Waals surface area (Å²) in [5.41, 5.74) is -3.37. The molecule has 15 heavy (non-hydrogen) atoms. The molecule has 0 saturated heterocycles. The third kappa shape index (κ3) is 3.72. The summed E-state index contributed by atoms with van der Waals surface area (Å²) in [6, 6.07) is 0. The van der Waals surface area contributed by atoms with Crippen LogP contribution in [0, 0.1) is 5.41 Å². The van der Waals surface area contributed by atoms with E-state index in [2.05, 4.69) is 0 Å². The van der Waals surface area contributed by atoms with Gasteiger partial charge in [-0.25, -0.2) is 0 Å². The SMILES string of the molecule is CC(C)(CO)C(O)CC(C)(O)C(C)(C)O. The van der Waals surface area contributed by atoms with E-state index < -0.39 is 22.7 Å². The van der Waals surface area contributed by atoms with E-state index in [1.165, 1.54) is 20.8 Å². The maximum atomic E-state index is 9.99. The molecule has 0 amide bonds. The second-order valence-corrected chi connectivity index (χ2v) is 5.70. The van der Waals surface area contributed by atoms with Gasteiger partial charge in [0.2, 0.25) is 0 Å². The van der Waals surface area contributed by atoms with E-state index in [9.17, 15) is 15.3 Å². The standard InChI is InChI=1S/C11H24O4/c1-9(2,7-12)8(13)6-11(5,15)10(3,4)14/h8,12-15H,6-7H2,1-5H3. The van der Waals surface area contributed by atoms with Crippen molar-refractivity contribution in [2.24, 2.45) is 5.41 Å². The number of rotatable bonds is 5. The van der Waals surface area contributed by atoms with E-state index in [-0.39, 0.29) is 13.0 Å². The highest BCUT2D eigenvalue weighted by Gasteiger charge is 2.42. The van der Waals surface area contributed by atoms with Crippen LogP contribution in [0.15, 0.2) is 0 Å². The highest BCUT2D eigenvalue weighted by atomic mass is 16.4. The van der Waals surface area contributed by atoms with Crippen LogP contribution in [0.4, 0.5) is 0 Å². The molecule has 0 aliphatic heterocycles. The first-order chi connectivity index (χ1) is 6.44. The van der Waals surface area contributed by atoms with Gasteiger partial charge >= 0.3 is 0 Å². The molecule has 0 heterocycles. The van der Waals surface area contributed by atoms with Crippen LogP contribution < -0.4 is 0 Å². The summed E-state index contributed by atoms with van der Waals surface area (Å²) in [5, 5.41) is 38.6. The zero-order valence-electron chi connectivity index (χ0n) is 10.3. The second-order valence-electron chi connectivity index (χ2n) is 5.70. The summed E-state index contributed by atoms with van der Waals surface area (Å²) in [4.78, 5) is 0. The summed E-state index contributed by atoms with van der Waals surface area (Å²) in [6.45, 7) is 7.70. The van der Waals surface area contributed by atoms with Crippen molar-refractivity contribution in [3.63, 3.8) is 0 Å². The first-order valence-electron chi connectivity index (χ1n) is 5.18. The lowest BCUT2D eigenvalue weighted by Crippen LogP contribution is -2.52. The van der Waals surface area contributed by atoms with Crippen LogP contribution in [0.3, 0.4) is 0 Å². The van der Waals surface area contributed by atoms with Crippen molar-refractivity contribution in [1.29, 1.82) is 0 Å². The lowest BCUT2D eigenvalue weighted by molar-refractivity contribution is -0.151. The van der Waals surface area contributed by atoms with E-state index in [4.69, 9.17) is 5.11 Å². The molecule has 0 bridgehead atoms. The lowest BCUT2D eigenvalue weighted by atomic mass is 9.76. The third-order valence-electron chi connectivity index (χ3n) is 3.22. The predicted molar refractivity (Wildman–Crippen MR) is 58.4 cm³/mol. The monoisotopic (exact) mass is 220 g/mol. The molecule has 4 N–H and O–H groups in total. The minimum Gasteiger partial charge on any atom is -0.396 e. The third-order valence-corrected chi connectivity index (χ3v) is 3.22. The Balaban J connectivity index is 4.61. The Morgan fingerprint density at radius 2 is 1.40 bits per heavy atom. The highest BCUT2D eigenvalue weighted by molar-refractivity contribution is 4.94. The van der Waals surface area contributed by atoms with Gasteiger partial charge in [-0.3, -0.25) is 0 Å². The molecule has 0 rings (SSSR count). The average Bonchev–Trinajstić information content (AvgIpc) is 2.01. The van der Waals surface area contributed by atoms with Crippen LogP contribution in [0.5, 0.6) is 0 Å². The second kappa shape index (κ2) is 4.37. The minimum absolute atomic E-state index is 0.0179. The van der Waals surface area contributed by atoms with Crippen LogP contribution >= 0.6 is 0 Å². The van der Waals surface area contributed by atoms with E-state index in [1.807, 2.05) is 0 Å². The summed E-state index contributed by atoms with van der Waals surface area (Å²) >= 11 is 0. The number of hydrogen-bond donors (Lipinski definition) is 4. The average molecular weight is 220 g/mol. The number of aliphatic hydroxyl groups excluding tert-OH is 2. The molecule has 4 nitrogen and oxygen atoms in total. The molecule has 0 aliphatic carbocycles. The van der Waals surface area contributed by atoms with E-state index >= 15 is 0 Å². The molecule has 0 fully saturated rings. The van der Waals surface area contributed by atoms with Crippen molar-refractivity contribution in [3.05, 3.63) is 0 Å². The predicted octanol–water partition coefficient (Wildman–Crippen LogP) is 0.278. The summed E-state index contributed by atoms with van der Waals surface area (Å²) in [6.07, 6.45) is -0.853. The fourth-order valence-electron chi connectivity index (χ4n) is 1.01. The molecule has 0 aliphatic rings. The van der Waals surface area contributed by atoms with Crippen molar-refractivity contribution in [2.75, 3.05) is 6.61 Å². The molecule has 0 aromatic heterocycles. The van der Waals surface area contributed by atoms with Gasteiger partial charge in [0.15, 0.2) is 0 Å². The maximum absolute atomic E-state index is 9.99. The first kappa shape index (κ1) is 14.8. The zero-order chi connectivity index (χ0) is 12.5. The zero-order valence-corrected chi connectivity index (χ0v) is 10.3. The molecule has 0 radical (unpaired) electrons. The van der Waals surface area contributed by atoms with Crippen LogP contribution in [0.2, 0.25) is 0 Å². The van der Waals surface area contributed by atoms with E-state index in [1.54, 1.807) is 13.8 Å². The highest BCUT2D eigenvalue weighted by Crippen LogP contribution is 2.32. The Kier molecular flexibility index (Phi) is 4.33. The quantitative estimate of drug-likeness (QED) is 0.536. The molecule has 92 valence electrons. The molecule has 2 unspecified atom stereocenters. The first-order valence-corrected chi connectivity index (χ1v) is 5.18. The van der Waals surface area contributed by atoms with Crippen molar-refractivity contribution in [2.45, 2.75) is 58.3 Å². The van der Waals surface area contributed by atoms with Gasteiger partial charge in [-0.2, -0.15) is 0 Å². The molecule has 2 atom stereocenters. The van der Waals surface area contributed by atoms with Gasteiger partial charge in [0, 0.05) is 11.8 Å². The fraction of sp³-hybridized carbons (Fsp3) is 1.00. The van der Waals surface area contributed by atoms with Crippen molar-refractivity contribution in [3.8, 4) is 0 Å². The minimum atomic E-state index is -1.39. The van der Waals surface area contributed by atoms with Gasteiger partial charge in [0.25, 0.3) is 0 Å². The van der Waals surface area contributed by atoms with E-state index in [0.29, 0.717) is 0 Å². The number of aliphatic hydroxyl groups is 4. The van der Waals surface area contributed by atoms with Crippen molar-refractivity contribution in [1.82, 2.24) is 0 Å². The fourth-order valence-corrected chi connectivity index (χ4v) is 1.01. The van der Waals surface area contributed by atoms with E-state index in [0.717, 1.165) is 0 Å². The molecule has 4 heteroatoms. The van der Waals surface area contributed by atoms with Gasteiger partial charge < -0.3 is 20.4 Å². The molecule has 0 aromatic carbocycles. The Morgan fingerprint density at radius 1 is 1.00 bits per heavy atom. The van der Waals surface area contributed by atoms with Crippen LogP contribution in [-0.2, 0) is 0 Å². The normalized spacial score (nSPS) is 19.8. The van der Waals surface area contributed by atoms with Crippen molar-refractivity contribution < 1.29 is 20.4 Å². The van der Waals surface area contributed by atoms with Crippen molar-refractivity contribution >= 4 is 0 Å². The summed E-state index contributed by atoms with van der Waals surface area (Å²) in [7, 11) is 0. The smallest absolute Gasteiger partial charge is 0.0924 e. The largest absolute Gasteiger partial charge is 0.396 e. The molecular weight excluding hydrogens is 196 g/mol. The van der Waals surface area contributed by atoms with Gasteiger partial charge in [-0.1, -0.05) is 13.8 Å². The van der Waals surface area contributed by atoms with Crippen LogP contribution in [0.1, 0.15) is 41.0 Å². The maximum Gasteiger partial charge on any atom is 0.0924 e. The van der Waals surface area contributed by atoms with Crippen LogP contribution in [-0.4, -0.2) is 44.3 Å². The molecular formula is C11H24O4. The summed E-state index contributed by atoms with van der Waals surface area (Å²) < 4.78 is 0. The topological polar surface area (TPSA) is 80.9 Å². The Bertz CT molecular complexity index is 203. The van der Waals surface area contributed by atoms with Gasteiger partial charge in [0.1, 0.15) is 0 Å². The molecule has 0 aromatic rings. The van der Waals surface area contributed by atoms with Gasteiger partial charge in [-0.15, -0.1) is 0 Å². The van der Waals surface area contributed by atoms with Crippen LogP contribution in [0.25, 0.3) is 0 Å². The Labute approximate surface area is 91.6 Å². The Morgan fingerprint density at radius 3 is 1.67 bits per heavy atom. The van der Waals surface area contributed by atoms with Gasteiger partial charge in [-0.05, 0) is 20.8 Å². The number of hydrogen-bond acceptors (Lipinski definition) is 4.